The third-order valence-corrected chi connectivity index (χ3v) is 3.17. The lowest BCUT2D eigenvalue weighted by atomic mass is 9.81. The van der Waals surface area contributed by atoms with E-state index in [9.17, 15) is 4.79 Å². The highest BCUT2D eigenvalue weighted by atomic mass is 16.2. The largest absolute Gasteiger partial charge is 0.337 e. The normalized spacial score (nSPS) is 40.3. The molecule has 2 heteroatoms. The number of nitrogens with zero attached hydrogens (tertiary/aromatic N) is 1. The summed E-state index contributed by atoms with van der Waals surface area (Å²) in [5, 5.41) is 0. The average molecular weight is 153 g/mol. The highest BCUT2D eigenvalue weighted by Gasteiger charge is 2.56. The van der Waals surface area contributed by atoms with Gasteiger partial charge in [-0.3, -0.25) is 4.79 Å². The van der Waals surface area contributed by atoms with Gasteiger partial charge in [0.1, 0.15) is 0 Å². The molecule has 2 aliphatic heterocycles. The minimum Gasteiger partial charge on any atom is -0.337 e. The van der Waals surface area contributed by atoms with Crippen LogP contribution in [0.2, 0.25) is 0 Å². The van der Waals surface area contributed by atoms with Gasteiger partial charge in [-0.05, 0) is 19.8 Å². The lowest BCUT2D eigenvalue weighted by Gasteiger charge is -2.45. The van der Waals surface area contributed by atoms with Gasteiger partial charge in [0, 0.05) is 17.5 Å². The van der Waals surface area contributed by atoms with Crippen molar-refractivity contribution in [2.24, 2.45) is 5.41 Å². The molecule has 2 fully saturated rings. The van der Waals surface area contributed by atoms with Crippen molar-refractivity contribution in [3.05, 3.63) is 0 Å². The fraction of sp³-hybridized carbons (Fsp3) is 0.889. The van der Waals surface area contributed by atoms with Gasteiger partial charge in [-0.15, -0.1) is 0 Å². The van der Waals surface area contributed by atoms with Crippen molar-refractivity contribution in [2.75, 3.05) is 6.54 Å². The molecular weight excluding hydrogens is 138 g/mol. The summed E-state index contributed by atoms with van der Waals surface area (Å²) in [6.07, 6.45) is 2.24. The second-order valence-electron chi connectivity index (χ2n) is 4.76. The number of hydrogen-bond acceptors (Lipinski definition) is 1. The third kappa shape index (κ3) is 0.700. The molecule has 2 aliphatic rings. The zero-order valence-corrected chi connectivity index (χ0v) is 7.48. The predicted octanol–water partition coefficient (Wildman–Crippen LogP) is 1.41. The number of carbonyl (C=O) groups is 1. The van der Waals surface area contributed by atoms with Gasteiger partial charge >= 0.3 is 0 Å². The van der Waals surface area contributed by atoms with Crippen LogP contribution >= 0.6 is 0 Å². The maximum absolute atomic E-state index is 11.6. The summed E-state index contributed by atoms with van der Waals surface area (Å²) < 4.78 is 0. The first-order chi connectivity index (χ1) is 4.96. The van der Waals surface area contributed by atoms with Crippen LogP contribution in [-0.4, -0.2) is 22.9 Å². The van der Waals surface area contributed by atoms with Crippen LogP contribution in [0.15, 0.2) is 0 Å². The van der Waals surface area contributed by atoms with Crippen LogP contribution in [0.5, 0.6) is 0 Å². The molecule has 0 spiro atoms. The smallest absolute Gasteiger partial charge is 0.228 e. The van der Waals surface area contributed by atoms with Crippen LogP contribution in [0.1, 0.15) is 33.6 Å². The molecule has 0 aromatic heterocycles. The first-order valence-electron chi connectivity index (χ1n) is 4.28. The van der Waals surface area contributed by atoms with E-state index in [0.717, 1.165) is 13.0 Å². The first kappa shape index (κ1) is 7.14. The van der Waals surface area contributed by atoms with Crippen LogP contribution in [0, 0.1) is 5.41 Å². The highest BCUT2D eigenvalue weighted by molar-refractivity contribution is 5.86. The fourth-order valence-corrected chi connectivity index (χ4v) is 2.53. The van der Waals surface area contributed by atoms with Gasteiger partial charge in [-0.2, -0.15) is 0 Å². The molecule has 2 heterocycles. The van der Waals surface area contributed by atoms with Crippen LogP contribution in [0.4, 0.5) is 0 Å². The summed E-state index contributed by atoms with van der Waals surface area (Å²) >= 11 is 0. The Morgan fingerprint density at radius 3 is 2.18 bits per heavy atom. The van der Waals surface area contributed by atoms with E-state index in [2.05, 4.69) is 20.8 Å². The lowest BCUT2D eigenvalue weighted by molar-refractivity contribution is -0.141. The van der Waals surface area contributed by atoms with E-state index in [0.29, 0.717) is 5.91 Å². The van der Waals surface area contributed by atoms with E-state index in [1.807, 2.05) is 4.90 Å². The number of fused-ring (bicyclic) bond motifs is 1. The quantitative estimate of drug-likeness (QED) is 0.515. The molecule has 0 bridgehead atoms. The fourth-order valence-electron chi connectivity index (χ4n) is 2.53. The van der Waals surface area contributed by atoms with Gasteiger partial charge < -0.3 is 4.90 Å². The van der Waals surface area contributed by atoms with Crippen molar-refractivity contribution in [3.8, 4) is 0 Å². The Bertz CT molecular complexity index is 222. The van der Waals surface area contributed by atoms with E-state index in [1.54, 1.807) is 0 Å². The topological polar surface area (TPSA) is 20.3 Å². The molecule has 0 aliphatic carbocycles. The second-order valence-corrected chi connectivity index (χ2v) is 4.76. The number of amides is 1. The zero-order chi connectivity index (χ0) is 8.28. The van der Waals surface area contributed by atoms with Crippen LogP contribution in [-0.2, 0) is 4.79 Å². The van der Waals surface area contributed by atoms with Crippen molar-refractivity contribution in [1.29, 1.82) is 0 Å². The molecule has 1 atom stereocenters. The molecule has 0 radical (unpaired) electrons. The van der Waals surface area contributed by atoms with E-state index >= 15 is 0 Å². The first-order valence-corrected chi connectivity index (χ1v) is 4.28. The van der Waals surface area contributed by atoms with Gasteiger partial charge in [0.15, 0.2) is 0 Å². The number of rotatable bonds is 0. The van der Waals surface area contributed by atoms with E-state index in [-0.39, 0.29) is 11.0 Å². The van der Waals surface area contributed by atoms with E-state index in [4.69, 9.17) is 0 Å². The molecule has 0 saturated carbocycles. The summed E-state index contributed by atoms with van der Waals surface area (Å²) in [4.78, 5) is 13.7. The average Bonchev–Trinajstić information content (AvgIpc) is 1.92. The third-order valence-electron chi connectivity index (χ3n) is 3.17. The van der Waals surface area contributed by atoms with Gasteiger partial charge in [-0.1, -0.05) is 13.8 Å². The maximum Gasteiger partial charge on any atom is 0.228 e. The Hall–Kier alpha value is -0.530. The summed E-state index contributed by atoms with van der Waals surface area (Å²) in [6, 6.07) is 0. The van der Waals surface area contributed by atoms with Crippen molar-refractivity contribution in [2.45, 2.75) is 39.2 Å². The highest BCUT2D eigenvalue weighted by Crippen LogP contribution is 2.49. The van der Waals surface area contributed by atoms with E-state index < -0.39 is 0 Å². The lowest BCUT2D eigenvalue weighted by Crippen LogP contribution is -2.54. The summed E-state index contributed by atoms with van der Waals surface area (Å²) in [7, 11) is 0. The molecule has 2 saturated heterocycles. The zero-order valence-electron chi connectivity index (χ0n) is 7.48. The molecule has 11 heavy (non-hydrogen) atoms. The van der Waals surface area contributed by atoms with Crippen LogP contribution in [0.3, 0.4) is 0 Å². The Labute approximate surface area is 67.6 Å². The van der Waals surface area contributed by atoms with Crippen molar-refractivity contribution in [3.63, 3.8) is 0 Å². The number of hydrogen-bond donors (Lipinski definition) is 0. The van der Waals surface area contributed by atoms with Crippen molar-refractivity contribution in [1.82, 2.24) is 4.90 Å². The molecule has 0 aromatic rings. The van der Waals surface area contributed by atoms with Crippen molar-refractivity contribution < 1.29 is 4.79 Å². The van der Waals surface area contributed by atoms with Gasteiger partial charge in [-0.25, -0.2) is 0 Å². The molecule has 0 aromatic carbocycles. The minimum atomic E-state index is -0.0920. The second kappa shape index (κ2) is 1.62. The standard InChI is InChI=1S/C9H15NO/c1-8(2)6-9(3)4-5-10(9)7(8)11/h4-6H2,1-3H3. The molecular formula is C9H15NO. The van der Waals surface area contributed by atoms with E-state index in [1.165, 1.54) is 6.42 Å². The molecule has 1 amide bonds. The molecule has 62 valence electrons. The Balaban J connectivity index is 2.32. The Morgan fingerprint density at radius 2 is 2.00 bits per heavy atom. The molecule has 2 nitrogen and oxygen atoms in total. The van der Waals surface area contributed by atoms with Crippen molar-refractivity contribution >= 4 is 5.91 Å². The Morgan fingerprint density at radius 1 is 1.36 bits per heavy atom. The van der Waals surface area contributed by atoms with Gasteiger partial charge in [0.2, 0.25) is 5.91 Å². The van der Waals surface area contributed by atoms with Crippen LogP contribution in [0.25, 0.3) is 0 Å². The van der Waals surface area contributed by atoms with Crippen LogP contribution < -0.4 is 0 Å². The maximum atomic E-state index is 11.6. The summed E-state index contributed by atoms with van der Waals surface area (Å²) in [5.41, 5.74) is 0.131. The predicted molar refractivity (Wildman–Crippen MR) is 43.1 cm³/mol. The van der Waals surface area contributed by atoms with Gasteiger partial charge in [0.25, 0.3) is 0 Å². The summed E-state index contributed by atoms with van der Waals surface area (Å²) in [5.74, 6) is 0.353. The minimum absolute atomic E-state index is 0.0920. The monoisotopic (exact) mass is 153 g/mol. The van der Waals surface area contributed by atoms with Gasteiger partial charge in [0.05, 0.1) is 0 Å². The Kier molecular flexibility index (Phi) is 1.05. The summed E-state index contributed by atoms with van der Waals surface area (Å²) in [6.45, 7) is 7.29. The molecule has 2 rings (SSSR count). The molecule has 1 unspecified atom stereocenters. The SMILES string of the molecule is CC1(C)CC2(C)CCN2C1=O. The number of carbonyl (C=O) groups excluding carboxylic acids is 1. The molecule has 0 N–H and O–H groups in total.